The Balaban J connectivity index is 1.73. The molecule has 0 fully saturated rings. The largest absolute Gasteiger partial charge is 0.490 e. The van der Waals surface area contributed by atoms with Gasteiger partial charge in [0.25, 0.3) is 0 Å². The number of aryl methyl sites for hydroxylation is 1. The van der Waals surface area contributed by atoms with Crippen molar-refractivity contribution in [1.29, 1.82) is 0 Å². The Bertz CT molecular complexity index is 1110. The predicted molar refractivity (Wildman–Crippen MR) is 122 cm³/mol. The molecule has 0 spiro atoms. The van der Waals surface area contributed by atoms with Gasteiger partial charge in [-0.05, 0) is 37.1 Å². The molecule has 30 heavy (non-hydrogen) atoms. The van der Waals surface area contributed by atoms with E-state index in [4.69, 9.17) is 15.9 Å². The van der Waals surface area contributed by atoms with E-state index in [1.54, 1.807) is 11.3 Å². The Morgan fingerprint density at radius 2 is 1.97 bits per heavy atom. The van der Waals surface area contributed by atoms with Gasteiger partial charge in [0.15, 0.2) is 11.5 Å². The fourth-order valence-electron chi connectivity index (χ4n) is 3.69. The Morgan fingerprint density at radius 3 is 2.70 bits per heavy atom. The lowest BCUT2D eigenvalue weighted by atomic mass is 9.89. The number of benzene rings is 2. The van der Waals surface area contributed by atoms with Crippen LogP contribution in [0.5, 0.6) is 11.5 Å². The van der Waals surface area contributed by atoms with Crippen molar-refractivity contribution in [3.63, 3.8) is 0 Å². The molecule has 4 nitrogen and oxygen atoms in total. The average Bonchev–Trinajstić information content (AvgIpc) is 3.16. The first-order valence-electron chi connectivity index (χ1n) is 9.92. The van der Waals surface area contributed by atoms with Crippen LogP contribution in [0.25, 0.3) is 11.1 Å². The number of ether oxygens (including phenoxy) is 2. The summed E-state index contributed by atoms with van der Waals surface area (Å²) in [5.41, 5.74) is 5.31. The number of rotatable bonds is 6. The molecule has 1 aromatic heterocycles. The smallest absolute Gasteiger partial charge is 0.225 e. The van der Waals surface area contributed by atoms with E-state index in [1.165, 1.54) is 5.56 Å². The van der Waals surface area contributed by atoms with Crippen LogP contribution in [0, 0.1) is 19.3 Å². The molecule has 0 bridgehead atoms. The molecule has 0 aliphatic carbocycles. The van der Waals surface area contributed by atoms with Crippen LogP contribution in [0.4, 0.5) is 5.69 Å². The third-order valence-corrected chi connectivity index (χ3v) is 6.23. The molecule has 0 saturated heterocycles. The van der Waals surface area contributed by atoms with E-state index >= 15 is 0 Å². The van der Waals surface area contributed by atoms with E-state index in [1.807, 2.05) is 25.1 Å². The number of nitrogens with one attached hydrogen (secondary N) is 1. The number of fused-ring (bicyclic) bond motifs is 1. The summed E-state index contributed by atoms with van der Waals surface area (Å²) in [5, 5.41) is 5.22. The molecule has 4 rings (SSSR count). The van der Waals surface area contributed by atoms with Gasteiger partial charge in [-0.3, -0.25) is 4.79 Å². The van der Waals surface area contributed by atoms with Gasteiger partial charge in [-0.1, -0.05) is 41.8 Å². The molecule has 1 atom stereocenters. The molecule has 1 amide bonds. The van der Waals surface area contributed by atoms with Crippen molar-refractivity contribution in [2.24, 2.45) is 0 Å². The van der Waals surface area contributed by atoms with Crippen molar-refractivity contribution < 1.29 is 14.3 Å². The van der Waals surface area contributed by atoms with E-state index in [9.17, 15) is 4.79 Å². The number of anilines is 1. The van der Waals surface area contributed by atoms with Crippen LogP contribution in [0.2, 0.25) is 0 Å². The fraction of sp³-hybridized carbons (Fsp3) is 0.240. The van der Waals surface area contributed by atoms with Gasteiger partial charge in [-0.25, -0.2) is 0 Å². The maximum atomic E-state index is 12.6. The van der Waals surface area contributed by atoms with E-state index in [-0.39, 0.29) is 18.4 Å². The van der Waals surface area contributed by atoms with Gasteiger partial charge >= 0.3 is 0 Å². The van der Waals surface area contributed by atoms with Crippen molar-refractivity contribution in [1.82, 2.24) is 0 Å². The molecule has 1 aliphatic rings. The number of carbonyl (C=O) groups excluding carboxylic acids is 1. The first-order valence-corrected chi connectivity index (χ1v) is 10.8. The zero-order chi connectivity index (χ0) is 21.1. The van der Waals surface area contributed by atoms with Crippen LogP contribution in [0.3, 0.4) is 0 Å². The van der Waals surface area contributed by atoms with Crippen LogP contribution >= 0.6 is 11.3 Å². The van der Waals surface area contributed by atoms with Gasteiger partial charge in [-0.15, -0.1) is 17.8 Å². The maximum absolute atomic E-state index is 12.6. The minimum atomic E-state index is -0.0289. The normalized spacial score (nSPS) is 15.1. The molecule has 3 aromatic rings. The number of hydrogen-bond donors (Lipinski definition) is 1. The zero-order valence-corrected chi connectivity index (χ0v) is 17.8. The van der Waals surface area contributed by atoms with Gasteiger partial charge in [0.05, 0.1) is 12.3 Å². The molecule has 0 unspecified atom stereocenters. The van der Waals surface area contributed by atoms with Crippen molar-refractivity contribution in [2.75, 3.05) is 18.5 Å². The zero-order valence-electron chi connectivity index (χ0n) is 17.0. The molecule has 152 valence electrons. The van der Waals surface area contributed by atoms with E-state index in [0.29, 0.717) is 24.5 Å². The first kappa shape index (κ1) is 20.1. The summed E-state index contributed by atoms with van der Waals surface area (Å²) >= 11 is 1.68. The summed E-state index contributed by atoms with van der Waals surface area (Å²) in [6.45, 7) is 4.69. The number of amides is 1. The lowest BCUT2D eigenvalue weighted by Gasteiger charge is -2.24. The van der Waals surface area contributed by atoms with Crippen LogP contribution in [0.15, 0.2) is 47.8 Å². The standard InChI is InChI=1S/C25H23NO3S/c1-4-12-29-21-11-10-18(13-22(21)28-5-2)19-14-23(27)26-24-20(15-30-25(19)24)17-8-6-16(3)7-9-17/h1,6-11,13,15,19H,5,12,14H2,2-3H3,(H,26,27)/t19-/m0/s1. The monoisotopic (exact) mass is 417 g/mol. The average molecular weight is 418 g/mol. The van der Waals surface area contributed by atoms with Gasteiger partial charge in [0.1, 0.15) is 6.61 Å². The summed E-state index contributed by atoms with van der Waals surface area (Å²) in [7, 11) is 0. The van der Waals surface area contributed by atoms with Crippen LogP contribution < -0.4 is 14.8 Å². The van der Waals surface area contributed by atoms with Gasteiger partial charge in [0, 0.05) is 28.2 Å². The Hall–Kier alpha value is -3.23. The highest BCUT2D eigenvalue weighted by atomic mass is 32.1. The van der Waals surface area contributed by atoms with Gasteiger partial charge < -0.3 is 14.8 Å². The molecular formula is C25H23NO3S. The number of thiophene rings is 1. The minimum absolute atomic E-state index is 0.0184. The summed E-state index contributed by atoms with van der Waals surface area (Å²) < 4.78 is 11.4. The summed E-state index contributed by atoms with van der Waals surface area (Å²) in [4.78, 5) is 13.7. The van der Waals surface area contributed by atoms with E-state index in [2.05, 4.69) is 47.8 Å². The van der Waals surface area contributed by atoms with Crippen LogP contribution in [0.1, 0.15) is 35.3 Å². The molecule has 2 aromatic carbocycles. The highest BCUT2D eigenvalue weighted by Gasteiger charge is 2.31. The van der Waals surface area contributed by atoms with Gasteiger partial charge in [-0.2, -0.15) is 0 Å². The van der Waals surface area contributed by atoms with Crippen molar-refractivity contribution in [2.45, 2.75) is 26.2 Å². The Kier molecular flexibility index (Phi) is 5.78. The highest BCUT2D eigenvalue weighted by molar-refractivity contribution is 7.11. The predicted octanol–water partition coefficient (Wildman–Crippen LogP) is 5.61. The molecule has 5 heteroatoms. The quantitative estimate of drug-likeness (QED) is 0.531. The van der Waals surface area contributed by atoms with Crippen molar-refractivity contribution in [3.05, 3.63) is 63.8 Å². The van der Waals surface area contributed by atoms with E-state index in [0.717, 1.165) is 27.3 Å². The number of terminal acetylenes is 1. The first-order chi connectivity index (χ1) is 14.6. The highest BCUT2D eigenvalue weighted by Crippen LogP contribution is 2.47. The molecular weight excluding hydrogens is 394 g/mol. The minimum Gasteiger partial charge on any atom is -0.490 e. The number of carbonyl (C=O) groups is 1. The molecule has 1 N–H and O–H groups in total. The molecule has 0 radical (unpaired) electrons. The number of hydrogen-bond acceptors (Lipinski definition) is 4. The lowest BCUT2D eigenvalue weighted by Crippen LogP contribution is -2.22. The van der Waals surface area contributed by atoms with Crippen LogP contribution in [-0.2, 0) is 4.79 Å². The van der Waals surface area contributed by atoms with Crippen molar-refractivity contribution in [3.8, 4) is 35.0 Å². The maximum Gasteiger partial charge on any atom is 0.225 e. The third-order valence-electron chi connectivity index (χ3n) is 5.13. The topological polar surface area (TPSA) is 47.6 Å². The molecule has 0 saturated carbocycles. The van der Waals surface area contributed by atoms with Crippen LogP contribution in [-0.4, -0.2) is 19.1 Å². The summed E-state index contributed by atoms with van der Waals surface area (Å²) in [6.07, 6.45) is 5.71. The Labute approximate surface area is 180 Å². The molecule has 2 heterocycles. The second kappa shape index (κ2) is 8.64. The second-order valence-electron chi connectivity index (χ2n) is 7.19. The van der Waals surface area contributed by atoms with Crippen molar-refractivity contribution >= 4 is 22.9 Å². The lowest BCUT2D eigenvalue weighted by molar-refractivity contribution is -0.116. The Morgan fingerprint density at radius 1 is 1.17 bits per heavy atom. The third kappa shape index (κ3) is 3.92. The fourth-order valence-corrected chi connectivity index (χ4v) is 4.85. The summed E-state index contributed by atoms with van der Waals surface area (Å²) in [5.74, 6) is 3.73. The second-order valence-corrected chi connectivity index (χ2v) is 8.10. The molecule has 1 aliphatic heterocycles. The SMILES string of the molecule is C#CCOc1ccc([C@@H]2CC(=O)Nc3c(-c4ccc(C)cc4)csc32)cc1OCC. The van der Waals surface area contributed by atoms with E-state index < -0.39 is 0 Å². The van der Waals surface area contributed by atoms with Gasteiger partial charge in [0.2, 0.25) is 5.91 Å². The summed E-state index contributed by atoms with van der Waals surface area (Å²) in [6, 6.07) is 14.2.